The first-order chi connectivity index (χ1) is 11.7. The van der Waals surface area contributed by atoms with Gasteiger partial charge in [0.05, 0.1) is 0 Å². The standard InChI is InChI=1S/C19H21NO3S/c1-2-20(15-9-4-3-5-10-15)18(21)13-23-19(22)17-12-14-8-6-7-11-16(14)24-17/h3-5,9-10,12H,2,6-8,11,13H2,1H3. The molecule has 0 atom stereocenters. The summed E-state index contributed by atoms with van der Waals surface area (Å²) in [5.74, 6) is -0.606. The van der Waals surface area contributed by atoms with Crippen LogP contribution in [0.2, 0.25) is 0 Å². The van der Waals surface area contributed by atoms with E-state index in [2.05, 4.69) is 0 Å². The lowest BCUT2D eigenvalue weighted by Gasteiger charge is -2.20. The first-order valence-corrected chi connectivity index (χ1v) is 9.15. The molecule has 0 radical (unpaired) electrons. The maximum Gasteiger partial charge on any atom is 0.348 e. The lowest BCUT2D eigenvalue weighted by Crippen LogP contribution is -2.34. The van der Waals surface area contributed by atoms with Crippen molar-refractivity contribution in [3.63, 3.8) is 0 Å². The summed E-state index contributed by atoms with van der Waals surface area (Å²) in [6, 6.07) is 11.3. The highest BCUT2D eigenvalue weighted by Gasteiger charge is 2.20. The van der Waals surface area contributed by atoms with E-state index in [0.29, 0.717) is 11.4 Å². The van der Waals surface area contributed by atoms with Gasteiger partial charge in [0.25, 0.3) is 5.91 Å². The summed E-state index contributed by atoms with van der Waals surface area (Å²) in [4.78, 5) is 28.1. The van der Waals surface area contributed by atoms with Crippen molar-refractivity contribution in [2.24, 2.45) is 0 Å². The molecule has 4 nitrogen and oxygen atoms in total. The van der Waals surface area contributed by atoms with Crippen LogP contribution in [0.4, 0.5) is 5.69 Å². The average molecular weight is 343 g/mol. The molecular weight excluding hydrogens is 322 g/mol. The number of ether oxygens (including phenoxy) is 1. The summed E-state index contributed by atoms with van der Waals surface area (Å²) in [6.45, 7) is 2.21. The number of likely N-dealkylation sites (N-methyl/N-ethyl adjacent to an activating group) is 1. The molecule has 1 aliphatic carbocycles. The maximum atomic E-state index is 12.4. The quantitative estimate of drug-likeness (QED) is 0.775. The third-order valence-electron chi connectivity index (χ3n) is 4.21. The zero-order valence-electron chi connectivity index (χ0n) is 13.8. The Labute approximate surface area is 146 Å². The molecule has 0 saturated carbocycles. The molecule has 5 heteroatoms. The fourth-order valence-corrected chi connectivity index (χ4v) is 4.13. The minimum Gasteiger partial charge on any atom is -0.451 e. The number of anilines is 1. The number of carbonyl (C=O) groups is 2. The van der Waals surface area contributed by atoms with Gasteiger partial charge in [0.15, 0.2) is 6.61 Å². The van der Waals surface area contributed by atoms with Gasteiger partial charge in [-0.3, -0.25) is 4.79 Å². The molecule has 1 amide bonds. The molecule has 0 spiro atoms. The number of aryl methyl sites for hydroxylation is 2. The van der Waals surface area contributed by atoms with Crippen LogP contribution in [0.15, 0.2) is 36.4 Å². The number of carbonyl (C=O) groups excluding carboxylic acids is 2. The van der Waals surface area contributed by atoms with E-state index in [1.54, 1.807) is 4.90 Å². The van der Waals surface area contributed by atoms with Gasteiger partial charge in [0.1, 0.15) is 4.88 Å². The highest BCUT2D eigenvalue weighted by Crippen LogP contribution is 2.30. The Morgan fingerprint density at radius 1 is 1.17 bits per heavy atom. The van der Waals surface area contributed by atoms with Crippen molar-refractivity contribution in [3.8, 4) is 0 Å². The fraction of sp³-hybridized carbons (Fsp3) is 0.368. The molecule has 24 heavy (non-hydrogen) atoms. The van der Waals surface area contributed by atoms with Gasteiger partial charge in [-0.15, -0.1) is 11.3 Å². The minimum absolute atomic E-state index is 0.210. The SMILES string of the molecule is CCN(C(=O)COC(=O)c1cc2c(s1)CCCC2)c1ccccc1. The van der Waals surface area contributed by atoms with E-state index in [9.17, 15) is 9.59 Å². The maximum absolute atomic E-state index is 12.4. The van der Waals surface area contributed by atoms with Crippen LogP contribution < -0.4 is 4.90 Å². The molecular formula is C19H21NO3S. The van der Waals surface area contributed by atoms with Crippen molar-refractivity contribution in [2.45, 2.75) is 32.6 Å². The summed E-state index contributed by atoms with van der Waals surface area (Å²) >= 11 is 1.51. The lowest BCUT2D eigenvalue weighted by atomic mass is 9.99. The third-order valence-corrected chi connectivity index (χ3v) is 5.43. The Morgan fingerprint density at radius 3 is 2.62 bits per heavy atom. The Balaban J connectivity index is 1.61. The van der Waals surface area contributed by atoms with E-state index in [-0.39, 0.29) is 12.5 Å². The van der Waals surface area contributed by atoms with E-state index < -0.39 is 5.97 Å². The highest BCUT2D eigenvalue weighted by molar-refractivity contribution is 7.14. The Bertz CT molecular complexity index is 700. The first kappa shape index (κ1) is 16.7. The Hall–Kier alpha value is -2.14. The van der Waals surface area contributed by atoms with Crippen LogP contribution in [0.3, 0.4) is 0 Å². The summed E-state index contributed by atoms with van der Waals surface area (Å²) < 4.78 is 5.25. The summed E-state index contributed by atoms with van der Waals surface area (Å²) in [5, 5.41) is 0. The number of thiophene rings is 1. The van der Waals surface area contributed by atoms with Crippen LogP contribution in [0.5, 0.6) is 0 Å². The summed E-state index contributed by atoms with van der Waals surface area (Å²) in [5.41, 5.74) is 2.08. The average Bonchev–Trinajstić information content (AvgIpc) is 3.05. The van der Waals surface area contributed by atoms with Crippen molar-refractivity contribution in [3.05, 3.63) is 51.7 Å². The molecule has 126 valence electrons. The molecule has 2 aromatic rings. The van der Waals surface area contributed by atoms with E-state index >= 15 is 0 Å². The topological polar surface area (TPSA) is 46.6 Å². The molecule has 0 fully saturated rings. The van der Waals surface area contributed by atoms with Crippen LogP contribution in [0, 0.1) is 0 Å². The highest BCUT2D eigenvalue weighted by atomic mass is 32.1. The second-order valence-corrected chi connectivity index (χ2v) is 6.95. The number of hydrogen-bond acceptors (Lipinski definition) is 4. The predicted molar refractivity (Wildman–Crippen MR) is 95.7 cm³/mol. The monoisotopic (exact) mass is 343 g/mol. The van der Waals surface area contributed by atoms with Gasteiger partial charge >= 0.3 is 5.97 Å². The van der Waals surface area contributed by atoms with Crippen molar-refractivity contribution in [2.75, 3.05) is 18.1 Å². The number of hydrogen-bond donors (Lipinski definition) is 0. The molecule has 1 aromatic heterocycles. The molecule has 1 aliphatic rings. The van der Waals surface area contributed by atoms with E-state index in [0.717, 1.165) is 18.5 Å². The molecule has 1 heterocycles. The molecule has 0 aliphatic heterocycles. The number of esters is 1. The predicted octanol–water partition coefficient (Wildman–Crippen LogP) is 3.84. The second kappa shape index (κ2) is 7.62. The minimum atomic E-state index is -0.396. The lowest BCUT2D eigenvalue weighted by molar-refractivity contribution is -0.121. The van der Waals surface area contributed by atoms with Crippen LogP contribution in [0.25, 0.3) is 0 Å². The Morgan fingerprint density at radius 2 is 1.92 bits per heavy atom. The van der Waals surface area contributed by atoms with Crippen LogP contribution in [-0.2, 0) is 22.4 Å². The van der Waals surface area contributed by atoms with Crippen molar-refractivity contribution >= 4 is 28.9 Å². The van der Waals surface area contributed by atoms with Crippen LogP contribution in [-0.4, -0.2) is 25.0 Å². The van der Waals surface area contributed by atoms with Crippen LogP contribution in [0.1, 0.15) is 39.9 Å². The Kier molecular flexibility index (Phi) is 5.30. The zero-order valence-corrected chi connectivity index (χ0v) is 14.6. The van der Waals surface area contributed by atoms with Gasteiger partial charge in [-0.05, 0) is 56.4 Å². The van der Waals surface area contributed by atoms with Gasteiger partial charge in [0.2, 0.25) is 0 Å². The number of nitrogens with zero attached hydrogens (tertiary/aromatic N) is 1. The smallest absolute Gasteiger partial charge is 0.348 e. The third kappa shape index (κ3) is 3.67. The van der Waals surface area contributed by atoms with Crippen LogP contribution >= 0.6 is 11.3 Å². The van der Waals surface area contributed by atoms with Crippen molar-refractivity contribution in [1.82, 2.24) is 0 Å². The number of benzene rings is 1. The first-order valence-electron chi connectivity index (χ1n) is 8.33. The fourth-order valence-electron chi connectivity index (χ4n) is 2.98. The molecule has 1 aromatic carbocycles. The molecule has 3 rings (SSSR count). The molecule has 0 N–H and O–H groups in total. The van der Waals surface area contributed by atoms with Gasteiger partial charge in [0, 0.05) is 17.1 Å². The van der Waals surface area contributed by atoms with E-state index in [1.807, 2.05) is 43.3 Å². The summed E-state index contributed by atoms with van der Waals surface area (Å²) in [6.07, 6.45) is 4.45. The normalized spacial score (nSPS) is 13.2. The van der Waals surface area contributed by atoms with Gasteiger partial charge in [-0.2, -0.15) is 0 Å². The largest absolute Gasteiger partial charge is 0.451 e. The number of fused-ring (bicyclic) bond motifs is 1. The number of para-hydroxylation sites is 1. The molecule has 0 saturated heterocycles. The van der Waals surface area contributed by atoms with Crippen molar-refractivity contribution in [1.29, 1.82) is 0 Å². The van der Waals surface area contributed by atoms with E-state index in [1.165, 1.54) is 34.6 Å². The van der Waals surface area contributed by atoms with E-state index in [4.69, 9.17) is 4.74 Å². The zero-order chi connectivity index (χ0) is 16.9. The molecule has 0 bridgehead atoms. The van der Waals surface area contributed by atoms with Gasteiger partial charge in [-0.1, -0.05) is 18.2 Å². The number of amides is 1. The second-order valence-electron chi connectivity index (χ2n) is 5.82. The summed E-state index contributed by atoms with van der Waals surface area (Å²) in [7, 11) is 0. The number of rotatable bonds is 5. The van der Waals surface area contributed by atoms with Gasteiger partial charge < -0.3 is 9.64 Å². The van der Waals surface area contributed by atoms with Crippen molar-refractivity contribution < 1.29 is 14.3 Å². The van der Waals surface area contributed by atoms with Gasteiger partial charge in [-0.25, -0.2) is 4.79 Å². The molecule has 0 unspecified atom stereocenters.